The van der Waals surface area contributed by atoms with Gasteiger partial charge in [0.2, 0.25) is 11.8 Å². The Morgan fingerprint density at radius 2 is 2.14 bits per heavy atom. The van der Waals surface area contributed by atoms with Crippen molar-refractivity contribution in [3.8, 4) is 0 Å². The van der Waals surface area contributed by atoms with Gasteiger partial charge < -0.3 is 16.4 Å². The third kappa shape index (κ3) is 6.14. The van der Waals surface area contributed by atoms with Gasteiger partial charge in [-0.2, -0.15) is 5.10 Å². The van der Waals surface area contributed by atoms with Crippen LogP contribution >= 0.6 is 12.4 Å². The maximum absolute atomic E-state index is 11.8. The first-order valence-electron chi connectivity index (χ1n) is 6.96. The van der Waals surface area contributed by atoms with Crippen LogP contribution in [0.25, 0.3) is 0 Å². The zero-order chi connectivity index (χ0) is 14.4. The fourth-order valence-corrected chi connectivity index (χ4v) is 2.39. The van der Waals surface area contributed by atoms with Gasteiger partial charge in [0.1, 0.15) is 6.54 Å². The smallest absolute Gasteiger partial charge is 0.239 e. The van der Waals surface area contributed by atoms with Crippen molar-refractivity contribution in [2.24, 2.45) is 11.7 Å². The van der Waals surface area contributed by atoms with Gasteiger partial charge in [-0.25, -0.2) is 0 Å². The molecule has 0 aliphatic carbocycles. The number of anilines is 1. The molecule has 0 radical (unpaired) electrons. The number of carbonyl (C=O) groups excluding carboxylic acids is 2. The molecule has 0 saturated carbocycles. The third-order valence-electron chi connectivity index (χ3n) is 3.46. The van der Waals surface area contributed by atoms with Crippen molar-refractivity contribution in [3.63, 3.8) is 0 Å². The summed E-state index contributed by atoms with van der Waals surface area (Å²) in [5, 5.41) is 10.1. The van der Waals surface area contributed by atoms with Gasteiger partial charge in [-0.1, -0.05) is 0 Å². The highest BCUT2D eigenvalue weighted by Crippen LogP contribution is 2.18. The summed E-state index contributed by atoms with van der Waals surface area (Å²) >= 11 is 0. The van der Waals surface area contributed by atoms with E-state index in [-0.39, 0.29) is 24.9 Å². The van der Waals surface area contributed by atoms with Gasteiger partial charge in [-0.15, -0.1) is 12.4 Å². The van der Waals surface area contributed by atoms with Crippen molar-refractivity contribution in [3.05, 3.63) is 12.3 Å². The summed E-state index contributed by atoms with van der Waals surface area (Å²) in [6.07, 6.45) is 5.32. The van der Waals surface area contributed by atoms with E-state index >= 15 is 0 Å². The summed E-state index contributed by atoms with van der Waals surface area (Å²) in [4.78, 5) is 22.6. The fourth-order valence-electron chi connectivity index (χ4n) is 2.39. The van der Waals surface area contributed by atoms with Crippen LogP contribution in [0.5, 0.6) is 0 Å². The molecule has 1 aliphatic heterocycles. The molecule has 1 fully saturated rings. The third-order valence-corrected chi connectivity index (χ3v) is 3.46. The number of nitrogens with two attached hydrogens (primary N) is 1. The van der Waals surface area contributed by atoms with Gasteiger partial charge in [0.25, 0.3) is 0 Å². The van der Waals surface area contributed by atoms with Gasteiger partial charge in [0, 0.05) is 18.7 Å². The minimum atomic E-state index is -0.461. The molecule has 7 nitrogen and oxygen atoms in total. The van der Waals surface area contributed by atoms with E-state index < -0.39 is 5.91 Å². The van der Waals surface area contributed by atoms with Crippen molar-refractivity contribution in [1.29, 1.82) is 0 Å². The SMILES string of the molecule is Cl.NC(=O)Cn1ccc(NC(=O)CCC2CCNCC2)n1. The lowest BCUT2D eigenvalue weighted by Gasteiger charge is -2.21. The number of piperidine rings is 1. The van der Waals surface area contributed by atoms with Crippen LogP contribution in [0.4, 0.5) is 5.82 Å². The Hall–Kier alpha value is -1.60. The molecule has 1 saturated heterocycles. The lowest BCUT2D eigenvalue weighted by Crippen LogP contribution is -2.28. The maximum Gasteiger partial charge on any atom is 0.239 e. The second-order valence-electron chi connectivity index (χ2n) is 5.15. The molecular formula is C13H22ClN5O2. The molecule has 0 bridgehead atoms. The summed E-state index contributed by atoms with van der Waals surface area (Å²) in [7, 11) is 0. The number of aromatic nitrogens is 2. The molecule has 0 atom stereocenters. The Kier molecular flexibility index (Phi) is 7.18. The van der Waals surface area contributed by atoms with Crippen LogP contribution < -0.4 is 16.4 Å². The van der Waals surface area contributed by atoms with Gasteiger partial charge in [-0.3, -0.25) is 14.3 Å². The highest BCUT2D eigenvalue weighted by molar-refractivity contribution is 5.89. The van der Waals surface area contributed by atoms with Gasteiger partial charge >= 0.3 is 0 Å². The van der Waals surface area contributed by atoms with Crippen molar-refractivity contribution < 1.29 is 9.59 Å². The topological polar surface area (TPSA) is 102 Å². The number of nitrogens with one attached hydrogen (secondary N) is 2. The van der Waals surface area contributed by atoms with Crippen LogP contribution in [-0.2, 0) is 16.1 Å². The van der Waals surface area contributed by atoms with Gasteiger partial charge in [-0.05, 0) is 38.3 Å². The number of amides is 2. The van der Waals surface area contributed by atoms with E-state index in [1.807, 2.05) is 0 Å². The summed E-state index contributed by atoms with van der Waals surface area (Å²) in [6, 6.07) is 1.66. The predicted molar refractivity (Wildman–Crippen MR) is 82.1 cm³/mol. The summed E-state index contributed by atoms with van der Waals surface area (Å²) < 4.78 is 1.41. The van der Waals surface area contributed by atoms with E-state index in [9.17, 15) is 9.59 Å². The molecule has 4 N–H and O–H groups in total. The van der Waals surface area contributed by atoms with E-state index in [0.717, 1.165) is 32.4 Å². The number of primary amides is 1. The summed E-state index contributed by atoms with van der Waals surface area (Å²) in [6.45, 7) is 2.11. The Morgan fingerprint density at radius 3 is 2.81 bits per heavy atom. The highest BCUT2D eigenvalue weighted by Gasteiger charge is 2.15. The molecule has 2 amide bonds. The van der Waals surface area contributed by atoms with E-state index in [2.05, 4.69) is 15.7 Å². The maximum atomic E-state index is 11.8. The number of rotatable bonds is 6. The number of halogens is 1. The van der Waals surface area contributed by atoms with Crippen molar-refractivity contribution in [2.45, 2.75) is 32.2 Å². The molecule has 2 heterocycles. The van der Waals surface area contributed by atoms with Crippen LogP contribution in [0.3, 0.4) is 0 Å². The van der Waals surface area contributed by atoms with E-state index in [1.54, 1.807) is 12.3 Å². The fraction of sp³-hybridized carbons (Fsp3) is 0.615. The summed E-state index contributed by atoms with van der Waals surface area (Å²) in [5.41, 5.74) is 5.07. The van der Waals surface area contributed by atoms with Gasteiger partial charge in [0.15, 0.2) is 5.82 Å². The first-order chi connectivity index (χ1) is 9.63. The highest BCUT2D eigenvalue weighted by atomic mass is 35.5. The van der Waals surface area contributed by atoms with Crippen LogP contribution in [-0.4, -0.2) is 34.7 Å². The lowest BCUT2D eigenvalue weighted by atomic mass is 9.93. The minimum Gasteiger partial charge on any atom is -0.368 e. The van der Waals surface area contributed by atoms with Crippen LogP contribution in [0.15, 0.2) is 12.3 Å². The monoisotopic (exact) mass is 315 g/mol. The first kappa shape index (κ1) is 17.5. The molecular weight excluding hydrogens is 294 g/mol. The van der Waals surface area contributed by atoms with Crippen LogP contribution in [0, 0.1) is 5.92 Å². The van der Waals surface area contributed by atoms with Gasteiger partial charge in [0.05, 0.1) is 0 Å². The largest absolute Gasteiger partial charge is 0.368 e. The average Bonchev–Trinajstić information content (AvgIpc) is 2.84. The van der Waals surface area contributed by atoms with E-state index in [1.165, 1.54) is 4.68 Å². The molecule has 2 rings (SSSR count). The quantitative estimate of drug-likeness (QED) is 0.711. The van der Waals surface area contributed by atoms with Crippen molar-refractivity contribution in [1.82, 2.24) is 15.1 Å². The van der Waals surface area contributed by atoms with E-state index in [0.29, 0.717) is 18.2 Å². The average molecular weight is 316 g/mol. The molecule has 118 valence electrons. The Morgan fingerprint density at radius 1 is 1.43 bits per heavy atom. The standard InChI is InChI=1S/C13H21N5O2.ClH/c14-11(19)9-18-8-5-12(17-18)16-13(20)2-1-10-3-6-15-7-4-10;/h5,8,10,15H,1-4,6-7,9H2,(H2,14,19)(H,16,17,20);1H. The minimum absolute atomic E-state index is 0. The number of hydrogen-bond acceptors (Lipinski definition) is 4. The predicted octanol–water partition coefficient (Wildman–Crippen LogP) is 0.508. The molecule has 0 unspecified atom stereocenters. The number of hydrogen-bond donors (Lipinski definition) is 3. The molecule has 1 aromatic rings. The zero-order valence-electron chi connectivity index (χ0n) is 11.9. The molecule has 21 heavy (non-hydrogen) atoms. The van der Waals surface area contributed by atoms with E-state index in [4.69, 9.17) is 5.73 Å². The lowest BCUT2D eigenvalue weighted by molar-refractivity contribution is -0.118. The molecule has 8 heteroatoms. The number of carbonyl (C=O) groups is 2. The first-order valence-corrected chi connectivity index (χ1v) is 6.96. The molecule has 0 spiro atoms. The van der Waals surface area contributed by atoms with Crippen LogP contribution in [0.2, 0.25) is 0 Å². The second-order valence-corrected chi connectivity index (χ2v) is 5.15. The van der Waals surface area contributed by atoms with Crippen molar-refractivity contribution in [2.75, 3.05) is 18.4 Å². The Labute approximate surface area is 130 Å². The summed E-state index contributed by atoms with van der Waals surface area (Å²) in [5.74, 6) is 0.598. The zero-order valence-corrected chi connectivity index (χ0v) is 12.7. The Bertz CT molecular complexity index is 471. The normalized spacial score (nSPS) is 15.2. The second kappa shape index (κ2) is 8.63. The van der Waals surface area contributed by atoms with Crippen LogP contribution in [0.1, 0.15) is 25.7 Å². The molecule has 1 aromatic heterocycles. The molecule has 0 aromatic carbocycles. The Balaban J connectivity index is 0.00000220. The number of nitrogens with zero attached hydrogens (tertiary/aromatic N) is 2. The molecule has 1 aliphatic rings. The van der Waals surface area contributed by atoms with Crippen molar-refractivity contribution >= 4 is 30.0 Å².